The van der Waals surface area contributed by atoms with E-state index in [1.807, 2.05) is 6.92 Å². The van der Waals surface area contributed by atoms with E-state index in [0.29, 0.717) is 6.61 Å². The van der Waals surface area contributed by atoms with Gasteiger partial charge in [-0.15, -0.1) is 0 Å². The third kappa shape index (κ3) is 2.64. The molecule has 2 rings (SSSR count). The summed E-state index contributed by atoms with van der Waals surface area (Å²) in [5.74, 6) is -1.73. The van der Waals surface area contributed by atoms with Gasteiger partial charge in [-0.3, -0.25) is 0 Å². The number of hydrogen-bond acceptors (Lipinski definition) is 2. The van der Waals surface area contributed by atoms with Crippen LogP contribution >= 0.6 is 0 Å². The highest BCUT2D eigenvalue weighted by molar-refractivity contribution is 5.20. The summed E-state index contributed by atoms with van der Waals surface area (Å²) in [5.41, 5.74) is 0.219. The summed E-state index contributed by atoms with van der Waals surface area (Å²) in [4.78, 5) is 0. The van der Waals surface area contributed by atoms with E-state index in [9.17, 15) is 13.9 Å². The topological polar surface area (TPSA) is 29.5 Å². The lowest BCUT2D eigenvalue weighted by atomic mass is 9.91. The van der Waals surface area contributed by atoms with Gasteiger partial charge in [-0.25, -0.2) is 8.78 Å². The van der Waals surface area contributed by atoms with Crippen LogP contribution in [-0.4, -0.2) is 23.9 Å². The molecular weight excluding hydrogens is 226 g/mol. The lowest BCUT2D eigenvalue weighted by Gasteiger charge is -2.21. The molecule has 4 heteroatoms. The number of halogens is 2. The van der Waals surface area contributed by atoms with Crippen LogP contribution < -0.4 is 0 Å². The Kier molecular flexibility index (Phi) is 3.74. The monoisotopic (exact) mass is 242 g/mol. The smallest absolute Gasteiger partial charge is 0.162 e. The zero-order valence-electron chi connectivity index (χ0n) is 9.70. The maximum absolute atomic E-state index is 13.4. The lowest BCUT2D eigenvalue weighted by molar-refractivity contribution is 0.0436. The minimum absolute atomic E-state index is 0.00216. The van der Waals surface area contributed by atoms with E-state index >= 15 is 0 Å². The van der Waals surface area contributed by atoms with Crippen molar-refractivity contribution in [3.8, 4) is 0 Å². The maximum atomic E-state index is 13.4. The third-order valence-corrected chi connectivity index (χ3v) is 3.39. The molecule has 1 N–H and O–H groups in total. The molecule has 0 aliphatic carbocycles. The second-order valence-electron chi connectivity index (χ2n) is 4.51. The fourth-order valence-corrected chi connectivity index (χ4v) is 2.34. The molecule has 17 heavy (non-hydrogen) atoms. The summed E-state index contributed by atoms with van der Waals surface area (Å²) >= 11 is 0. The molecule has 0 aromatic heterocycles. The van der Waals surface area contributed by atoms with Crippen LogP contribution in [0.15, 0.2) is 18.2 Å². The third-order valence-electron chi connectivity index (χ3n) is 3.39. The average molecular weight is 242 g/mol. The molecule has 1 aromatic rings. The van der Waals surface area contributed by atoms with Crippen LogP contribution in [0.5, 0.6) is 0 Å². The van der Waals surface area contributed by atoms with E-state index in [4.69, 9.17) is 4.74 Å². The van der Waals surface area contributed by atoms with Crippen molar-refractivity contribution in [2.75, 3.05) is 6.61 Å². The molecule has 1 fully saturated rings. The quantitative estimate of drug-likeness (QED) is 0.881. The fourth-order valence-electron chi connectivity index (χ4n) is 2.34. The zero-order valence-corrected chi connectivity index (χ0v) is 9.70. The first-order valence-electron chi connectivity index (χ1n) is 5.82. The number of benzene rings is 1. The summed E-state index contributed by atoms with van der Waals surface area (Å²) in [7, 11) is 0. The summed E-state index contributed by atoms with van der Waals surface area (Å²) in [6, 6.07) is 4.03. The van der Waals surface area contributed by atoms with Gasteiger partial charge in [0.05, 0.1) is 12.2 Å². The standard InChI is InChI=1S/C13H16F2O2/c1-8-10(5-6-17-8)12(16)7-9-3-2-4-11(14)13(9)15/h2-4,8,10,12,16H,5-7H2,1H3. The molecule has 94 valence electrons. The van der Waals surface area contributed by atoms with Gasteiger partial charge in [-0.1, -0.05) is 12.1 Å². The average Bonchev–Trinajstić information content (AvgIpc) is 2.71. The van der Waals surface area contributed by atoms with Crippen LogP contribution in [0.1, 0.15) is 18.9 Å². The fraction of sp³-hybridized carbons (Fsp3) is 0.538. The Morgan fingerprint density at radius 2 is 2.24 bits per heavy atom. The van der Waals surface area contributed by atoms with E-state index in [1.54, 1.807) is 0 Å². The maximum Gasteiger partial charge on any atom is 0.162 e. The van der Waals surface area contributed by atoms with Gasteiger partial charge in [0.25, 0.3) is 0 Å². The van der Waals surface area contributed by atoms with Gasteiger partial charge in [0.1, 0.15) is 0 Å². The van der Waals surface area contributed by atoms with Gasteiger partial charge >= 0.3 is 0 Å². The van der Waals surface area contributed by atoms with Crippen molar-refractivity contribution in [2.24, 2.45) is 5.92 Å². The molecule has 0 spiro atoms. The second kappa shape index (κ2) is 5.10. The zero-order chi connectivity index (χ0) is 12.4. The van der Waals surface area contributed by atoms with Crippen molar-refractivity contribution in [1.82, 2.24) is 0 Å². The van der Waals surface area contributed by atoms with Gasteiger partial charge in [0.15, 0.2) is 11.6 Å². The predicted molar refractivity (Wildman–Crippen MR) is 59.6 cm³/mol. The first-order chi connectivity index (χ1) is 8.09. The molecule has 1 saturated heterocycles. The molecule has 0 amide bonds. The van der Waals surface area contributed by atoms with E-state index < -0.39 is 17.7 Å². The Morgan fingerprint density at radius 3 is 2.88 bits per heavy atom. The van der Waals surface area contributed by atoms with E-state index in [0.717, 1.165) is 12.5 Å². The van der Waals surface area contributed by atoms with Crippen LogP contribution in [0.2, 0.25) is 0 Å². The number of rotatable bonds is 3. The SMILES string of the molecule is CC1OCCC1C(O)Cc1cccc(F)c1F. The van der Waals surface area contributed by atoms with Crippen LogP contribution in [0.25, 0.3) is 0 Å². The van der Waals surface area contributed by atoms with Gasteiger partial charge < -0.3 is 9.84 Å². The molecule has 3 atom stereocenters. The van der Waals surface area contributed by atoms with Gasteiger partial charge in [0, 0.05) is 18.9 Å². The minimum Gasteiger partial charge on any atom is -0.392 e. The van der Waals surface area contributed by atoms with Crippen molar-refractivity contribution in [1.29, 1.82) is 0 Å². The number of aliphatic hydroxyl groups is 1. The van der Waals surface area contributed by atoms with Gasteiger partial charge in [-0.05, 0) is 25.0 Å². The Bertz CT molecular complexity index is 395. The molecular formula is C13H16F2O2. The summed E-state index contributed by atoms with van der Waals surface area (Å²) in [6.07, 6.45) is 0.173. The first kappa shape index (κ1) is 12.5. The second-order valence-corrected chi connectivity index (χ2v) is 4.51. The van der Waals surface area contributed by atoms with Crippen molar-refractivity contribution in [3.63, 3.8) is 0 Å². The normalized spacial score (nSPS) is 26.1. The highest BCUT2D eigenvalue weighted by atomic mass is 19.2. The van der Waals surface area contributed by atoms with Crippen molar-refractivity contribution >= 4 is 0 Å². The largest absolute Gasteiger partial charge is 0.392 e. The predicted octanol–water partition coefficient (Wildman–Crippen LogP) is 2.29. The van der Waals surface area contributed by atoms with Crippen molar-refractivity contribution in [2.45, 2.75) is 32.0 Å². The molecule has 1 heterocycles. The van der Waals surface area contributed by atoms with Crippen LogP contribution in [-0.2, 0) is 11.2 Å². The molecule has 0 saturated carbocycles. The van der Waals surface area contributed by atoms with Gasteiger partial charge in [-0.2, -0.15) is 0 Å². The molecule has 1 aliphatic rings. The van der Waals surface area contributed by atoms with Crippen LogP contribution in [0.4, 0.5) is 8.78 Å². The van der Waals surface area contributed by atoms with Crippen molar-refractivity contribution in [3.05, 3.63) is 35.4 Å². The lowest BCUT2D eigenvalue weighted by Crippen LogP contribution is -2.28. The Hall–Kier alpha value is -1.00. The number of ether oxygens (including phenoxy) is 1. The Morgan fingerprint density at radius 1 is 1.47 bits per heavy atom. The summed E-state index contributed by atoms with van der Waals surface area (Å²) in [5, 5.41) is 10.0. The molecule has 1 aromatic carbocycles. The van der Waals surface area contributed by atoms with E-state index in [1.165, 1.54) is 12.1 Å². The van der Waals surface area contributed by atoms with E-state index in [-0.39, 0.29) is 24.0 Å². The van der Waals surface area contributed by atoms with E-state index in [2.05, 4.69) is 0 Å². The molecule has 1 aliphatic heterocycles. The number of aliphatic hydroxyl groups excluding tert-OH is 1. The number of hydrogen-bond donors (Lipinski definition) is 1. The molecule has 2 nitrogen and oxygen atoms in total. The van der Waals surface area contributed by atoms with Gasteiger partial charge in [0.2, 0.25) is 0 Å². The molecule has 0 bridgehead atoms. The summed E-state index contributed by atoms with van der Waals surface area (Å²) in [6.45, 7) is 2.51. The Labute approximate surface area is 99.2 Å². The van der Waals surface area contributed by atoms with Crippen LogP contribution in [0.3, 0.4) is 0 Å². The Balaban J connectivity index is 2.07. The van der Waals surface area contributed by atoms with Crippen LogP contribution in [0, 0.1) is 17.6 Å². The molecule has 0 radical (unpaired) electrons. The minimum atomic E-state index is -0.870. The highest BCUT2D eigenvalue weighted by Crippen LogP contribution is 2.26. The first-order valence-corrected chi connectivity index (χ1v) is 5.82. The van der Waals surface area contributed by atoms with Crippen molar-refractivity contribution < 1.29 is 18.6 Å². The highest BCUT2D eigenvalue weighted by Gasteiger charge is 2.31. The summed E-state index contributed by atoms with van der Waals surface area (Å²) < 4.78 is 31.8. The molecule has 3 unspecified atom stereocenters.